The standard InChI is InChI=1S/C68H111N19O17/c1-10-38(8)54(87-64(101)53(37(6)7)86-60(97)47(32-41-23-25-42(89)26-24-41)81-56(93)43(70)27-28-50(90)91)65(102)80-44(20-14-15-29-69)58(95)85-52(36(4)5)63(100)83-49(34-88)61(98)77-39(9)55(92)78-46(22-17-31-76-68(73)74)59(96)84-51(35(2)3)62(99)79-45(21-16-30-75-67(71)72)57(94)82-48(66(103)104)33-40-18-12-11-13-19-40/h11-13,18-19,23-26,35-39,43-49,51-54,88-89H,10,14-17,20-22,27-34,69-70H2,1-9H3,(H,77,98)(H,78,92)(H,79,99)(H,80,102)(H,81,93)(H,82,94)(H,83,100)(H,84,96)(H,85,95)(H,86,97)(H,87,101)(H,90,91)(H,103,104)(H4,71,72,75)(H4,73,74,76)/t38-,39-,43-,44-,45-,46-,47-,48-,49-,51-,52-,53-,54-/m0/s1. The molecule has 2 rings (SSSR count). The molecule has 2 aromatic carbocycles. The summed E-state index contributed by atoms with van der Waals surface area (Å²) in [7, 11) is 0. The Hall–Kier alpha value is -10.2. The maximum atomic E-state index is 14.5. The van der Waals surface area contributed by atoms with Crippen LogP contribution >= 0.6 is 0 Å². The molecule has 0 bridgehead atoms. The fourth-order valence-electron chi connectivity index (χ4n) is 10.4. The molecule has 0 radical (unpaired) electrons. The molecule has 13 atom stereocenters. The number of unbranched alkanes of at least 4 members (excludes halogenated alkanes) is 1. The summed E-state index contributed by atoms with van der Waals surface area (Å²) >= 11 is 0. The molecule has 11 amide bonds. The number of carboxylic acid groups (broad SMARTS) is 2. The number of nitrogens with two attached hydrogens (primary N) is 6. The molecule has 36 heteroatoms. The van der Waals surface area contributed by atoms with Crippen LogP contribution in [0.15, 0.2) is 64.6 Å². The molecule has 2 aromatic rings. The quantitative estimate of drug-likeness (QED) is 0.0171. The summed E-state index contributed by atoms with van der Waals surface area (Å²) in [6, 6.07) is -2.75. The van der Waals surface area contributed by atoms with E-state index in [-0.39, 0.29) is 88.7 Å². The first-order valence-corrected chi connectivity index (χ1v) is 34.7. The average molecular weight is 1470 g/mol. The van der Waals surface area contributed by atoms with Crippen LogP contribution in [0.5, 0.6) is 5.75 Å². The van der Waals surface area contributed by atoms with E-state index in [1.165, 1.54) is 31.2 Å². The molecule has 0 saturated carbocycles. The molecule has 0 unspecified atom stereocenters. The number of nitrogens with one attached hydrogen (secondary N) is 11. The van der Waals surface area contributed by atoms with Gasteiger partial charge in [-0.15, -0.1) is 0 Å². The van der Waals surface area contributed by atoms with Crippen LogP contribution in [0.25, 0.3) is 0 Å². The van der Waals surface area contributed by atoms with Gasteiger partial charge < -0.3 is 113 Å². The number of amides is 11. The number of aliphatic hydroxyl groups excluding tert-OH is 1. The summed E-state index contributed by atoms with van der Waals surface area (Å²) in [6.07, 6.45) is 0.0722. The zero-order chi connectivity index (χ0) is 78.5. The van der Waals surface area contributed by atoms with Gasteiger partial charge in [0.1, 0.15) is 72.2 Å². The van der Waals surface area contributed by atoms with Gasteiger partial charge in [0.2, 0.25) is 65.0 Å². The summed E-state index contributed by atoms with van der Waals surface area (Å²) in [5.41, 5.74) is 34.9. The van der Waals surface area contributed by atoms with Crippen molar-refractivity contribution in [2.24, 2.45) is 68.1 Å². The van der Waals surface area contributed by atoms with Crippen molar-refractivity contribution in [2.75, 3.05) is 26.2 Å². The number of hydrogen-bond acceptors (Lipinski definition) is 19. The summed E-state index contributed by atoms with van der Waals surface area (Å²) in [6.45, 7) is 13.4. The first-order valence-electron chi connectivity index (χ1n) is 34.7. The summed E-state index contributed by atoms with van der Waals surface area (Å²) in [4.78, 5) is 186. The van der Waals surface area contributed by atoms with E-state index in [1.54, 1.807) is 85.7 Å². The SMILES string of the molecule is CC[C@H](C)[C@H](NC(=O)[C@@H](NC(=O)[C@H](Cc1ccc(O)cc1)NC(=O)[C@@H](N)CCC(=O)O)C(C)C)C(=O)N[C@@H](CCCCN)C(=O)N[C@H](C(=O)N[C@@H](CO)C(=O)N[C@@H](C)C(=O)N[C@@H](CCCN=C(N)N)C(=O)N[C@H](C(=O)N[C@@H](CCCN=C(N)N)C(=O)N[C@@H](Cc1ccccc1)C(=O)O)C(C)C)C(C)C. The maximum Gasteiger partial charge on any atom is 0.326 e. The van der Waals surface area contributed by atoms with E-state index in [9.17, 15) is 77.6 Å². The topological polar surface area (TPSA) is 616 Å². The number of phenolic OH excluding ortho intramolecular Hbond substituents is 1. The van der Waals surface area contributed by atoms with Gasteiger partial charge in [-0.25, -0.2) is 4.79 Å². The lowest BCUT2D eigenvalue weighted by Gasteiger charge is -2.31. The molecule has 580 valence electrons. The van der Waals surface area contributed by atoms with Crippen LogP contribution < -0.4 is 92.9 Å². The van der Waals surface area contributed by atoms with E-state index in [0.29, 0.717) is 30.4 Å². The summed E-state index contributed by atoms with van der Waals surface area (Å²) in [5.74, 6) is -15.6. The molecule has 27 N–H and O–H groups in total. The minimum Gasteiger partial charge on any atom is -0.508 e. The molecule has 104 heavy (non-hydrogen) atoms. The second kappa shape index (κ2) is 46.4. The van der Waals surface area contributed by atoms with Crippen LogP contribution in [0.4, 0.5) is 0 Å². The summed E-state index contributed by atoms with van der Waals surface area (Å²) in [5, 5.41) is 67.9. The van der Waals surface area contributed by atoms with Gasteiger partial charge in [0.15, 0.2) is 11.9 Å². The Morgan fingerprint density at radius 2 is 0.798 bits per heavy atom. The number of aliphatic imine (C=N–C) groups is 2. The number of aliphatic carboxylic acids is 2. The Bertz CT molecular complexity index is 3220. The highest BCUT2D eigenvalue weighted by atomic mass is 16.4. The molecule has 0 fully saturated rings. The molecule has 0 aliphatic carbocycles. The number of rotatable bonds is 48. The third kappa shape index (κ3) is 32.8. The van der Waals surface area contributed by atoms with E-state index in [0.717, 1.165) is 0 Å². The van der Waals surface area contributed by atoms with Crippen LogP contribution in [-0.4, -0.2) is 208 Å². The molecular weight excluding hydrogens is 1350 g/mol. The first-order chi connectivity index (χ1) is 48.9. The molecule has 0 saturated heterocycles. The van der Waals surface area contributed by atoms with Gasteiger partial charge in [-0.1, -0.05) is 104 Å². The number of aliphatic hydroxyl groups is 1. The lowest BCUT2D eigenvalue weighted by Crippen LogP contribution is -2.62. The predicted octanol–water partition coefficient (Wildman–Crippen LogP) is -3.95. The van der Waals surface area contributed by atoms with Gasteiger partial charge in [-0.2, -0.15) is 0 Å². The van der Waals surface area contributed by atoms with E-state index < -0.39 is 186 Å². The van der Waals surface area contributed by atoms with Crippen molar-refractivity contribution < 1.29 is 82.8 Å². The Morgan fingerprint density at radius 3 is 1.23 bits per heavy atom. The predicted molar refractivity (Wildman–Crippen MR) is 385 cm³/mol. The summed E-state index contributed by atoms with van der Waals surface area (Å²) < 4.78 is 0. The lowest BCUT2D eigenvalue weighted by atomic mass is 9.95. The molecule has 0 aromatic heterocycles. The Morgan fingerprint density at radius 1 is 0.423 bits per heavy atom. The molecule has 36 nitrogen and oxygen atoms in total. The zero-order valence-electron chi connectivity index (χ0n) is 60.7. The number of guanidine groups is 2. The van der Waals surface area contributed by atoms with Crippen LogP contribution in [0.2, 0.25) is 0 Å². The average Bonchev–Trinajstić information content (AvgIpc) is 0.857. The molecular formula is C68H111N19O17. The van der Waals surface area contributed by atoms with Crippen LogP contribution in [0, 0.1) is 23.7 Å². The number of nitrogens with zero attached hydrogens (tertiary/aromatic N) is 2. The lowest BCUT2D eigenvalue weighted by molar-refractivity contribution is -0.142. The number of aromatic hydroxyl groups is 1. The van der Waals surface area contributed by atoms with Crippen molar-refractivity contribution in [3.8, 4) is 5.75 Å². The minimum atomic E-state index is -1.76. The van der Waals surface area contributed by atoms with Crippen LogP contribution in [-0.2, 0) is 75.2 Å². The van der Waals surface area contributed by atoms with Gasteiger partial charge >= 0.3 is 11.9 Å². The third-order valence-electron chi connectivity index (χ3n) is 16.8. The minimum absolute atomic E-state index is 0.0147. The van der Waals surface area contributed by atoms with Crippen molar-refractivity contribution in [3.63, 3.8) is 0 Å². The van der Waals surface area contributed by atoms with Crippen molar-refractivity contribution in [1.29, 1.82) is 0 Å². The van der Waals surface area contributed by atoms with Gasteiger partial charge in [0.05, 0.1) is 12.6 Å². The van der Waals surface area contributed by atoms with Crippen LogP contribution in [0.3, 0.4) is 0 Å². The molecule has 0 spiro atoms. The van der Waals surface area contributed by atoms with Crippen molar-refractivity contribution >= 4 is 88.8 Å². The first kappa shape index (κ1) is 89.9. The Kier molecular flexibility index (Phi) is 40.1. The van der Waals surface area contributed by atoms with E-state index in [2.05, 4.69) is 68.5 Å². The van der Waals surface area contributed by atoms with E-state index in [1.807, 2.05) is 0 Å². The second-order valence-electron chi connectivity index (χ2n) is 26.5. The number of benzene rings is 2. The van der Waals surface area contributed by atoms with Gasteiger partial charge in [-0.3, -0.25) is 67.5 Å². The van der Waals surface area contributed by atoms with Crippen LogP contribution in [0.1, 0.15) is 138 Å². The number of carboxylic acids is 2. The molecule has 0 heterocycles. The van der Waals surface area contributed by atoms with Gasteiger partial charge in [0, 0.05) is 32.4 Å². The van der Waals surface area contributed by atoms with Gasteiger partial charge in [0.25, 0.3) is 0 Å². The number of carbonyl (C=O) groups excluding carboxylic acids is 11. The molecule has 0 aliphatic rings. The Labute approximate surface area is 605 Å². The maximum absolute atomic E-state index is 14.5. The highest BCUT2D eigenvalue weighted by molar-refractivity contribution is 5.99. The van der Waals surface area contributed by atoms with Gasteiger partial charge in [-0.05, 0) is 112 Å². The van der Waals surface area contributed by atoms with Crippen molar-refractivity contribution in [2.45, 2.75) is 212 Å². The highest BCUT2D eigenvalue weighted by Gasteiger charge is 2.39. The van der Waals surface area contributed by atoms with E-state index >= 15 is 0 Å². The number of carbonyl (C=O) groups is 13. The third-order valence-corrected chi connectivity index (χ3v) is 16.8. The smallest absolute Gasteiger partial charge is 0.326 e. The number of hydrogen-bond donors (Lipinski definition) is 21. The monoisotopic (exact) mass is 1470 g/mol. The largest absolute Gasteiger partial charge is 0.508 e. The zero-order valence-corrected chi connectivity index (χ0v) is 60.7. The van der Waals surface area contributed by atoms with Crippen molar-refractivity contribution in [3.05, 3.63) is 65.7 Å². The van der Waals surface area contributed by atoms with E-state index in [4.69, 9.17) is 39.5 Å². The number of phenols is 1. The molecule has 0 aliphatic heterocycles. The normalized spacial score (nSPS) is 14.9. The second-order valence-corrected chi connectivity index (χ2v) is 26.5. The van der Waals surface area contributed by atoms with Crippen molar-refractivity contribution in [1.82, 2.24) is 58.5 Å². The highest BCUT2D eigenvalue weighted by Crippen LogP contribution is 2.17. The fraction of sp³-hybridized carbons (Fsp3) is 0.603. The Balaban J connectivity index is 2.37. The fourth-order valence-corrected chi connectivity index (χ4v) is 10.4.